The van der Waals surface area contributed by atoms with Crippen molar-refractivity contribution in [2.24, 2.45) is 0 Å². The van der Waals surface area contributed by atoms with Crippen molar-refractivity contribution in [2.45, 2.75) is 164 Å². The van der Waals surface area contributed by atoms with E-state index in [-0.39, 0.29) is 168 Å². The van der Waals surface area contributed by atoms with E-state index in [0.717, 1.165) is 24.3 Å². The highest BCUT2D eigenvalue weighted by Gasteiger charge is 2.38. The molecule has 0 saturated heterocycles. The smallest absolute Gasteiger partial charge is 0.248 e. The Morgan fingerprint density at radius 3 is 1.12 bits per heavy atom. The summed E-state index contributed by atoms with van der Waals surface area (Å²) in [6.45, 7) is 4.00. The van der Waals surface area contributed by atoms with Gasteiger partial charge in [0, 0.05) is 81.6 Å². The van der Waals surface area contributed by atoms with E-state index in [9.17, 15) is 53.1 Å². The number of aromatic amines is 1. The zero-order chi connectivity index (χ0) is 47.9. The van der Waals surface area contributed by atoms with Crippen LogP contribution in [0, 0.1) is 17.6 Å². The van der Waals surface area contributed by atoms with Crippen molar-refractivity contribution < 1.29 is 48.3 Å². The zero-order valence-corrected chi connectivity index (χ0v) is 36.1. The summed E-state index contributed by atoms with van der Waals surface area (Å²) in [5.41, 5.74) is -1.25. The van der Waals surface area contributed by atoms with Crippen LogP contribution < -0.4 is 26.8 Å². The molecule has 0 radical (unpaired) electrons. The minimum absolute atomic E-state index is 0.0145. The maximum absolute atomic E-state index is 14.3. The first-order valence-corrected chi connectivity index (χ1v) is 22.0. The van der Waals surface area contributed by atoms with E-state index in [2.05, 4.69) is 61.1 Å². The van der Waals surface area contributed by atoms with Gasteiger partial charge in [-0.25, -0.2) is 48.9 Å². The second-order valence-corrected chi connectivity index (χ2v) is 16.7. The van der Waals surface area contributed by atoms with Crippen LogP contribution in [0.2, 0.25) is 0 Å². The van der Waals surface area contributed by atoms with Crippen LogP contribution in [-0.4, -0.2) is 87.7 Å². The van der Waals surface area contributed by atoms with Gasteiger partial charge in [-0.15, -0.1) is 0 Å². The van der Waals surface area contributed by atoms with Gasteiger partial charge in [0.1, 0.15) is 11.4 Å². The molecule has 0 spiro atoms. The Balaban J connectivity index is 0.000000210. The normalized spacial score (nSPS) is 20.7. The molecule has 8 rings (SSSR count). The van der Waals surface area contributed by atoms with Gasteiger partial charge in [-0.3, -0.25) is 4.79 Å². The molecule has 66 heavy (non-hydrogen) atoms. The lowest BCUT2D eigenvalue weighted by atomic mass is 9.92. The Kier molecular flexibility index (Phi) is 15.9. The summed E-state index contributed by atoms with van der Waals surface area (Å²) >= 11 is 0. The highest BCUT2D eigenvalue weighted by atomic mass is 19.3. The Hall–Kier alpha value is -5.45. The first-order valence-electron chi connectivity index (χ1n) is 22.0. The van der Waals surface area contributed by atoms with Crippen LogP contribution >= 0.6 is 0 Å². The maximum Gasteiger partial charge on any atom is 0.248 e. The molecule has 0 aromatic carbocycles. The predicted octanol–water partition coefficient (Wildman–Crippen LogP) is 10.6. The molecule has 4 fully saturated rings. The first kappa shape index (κ1) is 50.0. The number of halogens is 11. The molecule has 362 valence electrons. The van der Waals surface area contributed by atoms with Crippen molar-refractivity contribution >= 4 is 23.8 Å². The number of hydrogen-bond acceptors (Lipinski definition) is 12. The third-order valence-electron chi connectivity index (χ3n) is 11.6. The SMILES string of the molecule is CC.Fc1ccc(F)c(-c2nc(NC3CCC(F)(F)CC3)nc(NC3CCC(F)(F)CC3)n2)n1.O=c1ccc(F)c(-c2nc(NC3CCC(F)(F)CC3)nc(NC3CCC(F)(F)CC3)n2)[nH]1. The van der Waals surface area contributed by atoms with E-state index < -0.39 is 52.5 Å². The van der Waals surface area contributed by atoms with E-state index in [0.29, 0.717) is 0 Å². The lowest BCUT2D eigenvalue weighted by Crippen LogP contribution is -2.33. The lowest BCUT2D eigenvalue weighted by Gasteiger charge is -2.30. The summed E-state index contributed by atoms with van der Waals surface area (Å²) in [4.78, 5) is 42.5. The van der Waals surface area contributed by atoms with Gasteiger partial charge in [0.15, 0.2) is 23.3 Å². The lowest BCUT2D eigenvalue weighted by molar-refractivity contribution is -0.0367. The van der Waals surface area contributed by atoms with Crippen molar-refractivity contribution in [3.8, 4) is 23.0 Å². The van der Waals surface area contributed by atoms with Gasteiger partial charge in [0.2, 0.25) is 59.0 Å². The fourth-order valence-electron chi connectivity index (χ4n) is 7.89. The first-order chi connectivity index (χ1) is 31.2. The number of aromatic nitrogens is 8. The third kappa shape index (κ3) is 14.3. The van der Waals surface area contributed by atoms with Crippen LogP contribution in [0.15, 0.2) is 29.1 Å². The van der Waals surface area contributed by atoms with Gasteiger partial charge in [0.25, 0.3) is 0 Å². The van der Waals surface area contributed by atoms with E-state index in [1.54, 1.807) is 0 Å². The van der Waals surface area contributed by atoms with Crippen LogP contribution in [-0.2, 0) is 0 Å². The molecule has 0 amide bonds. The average molecular weight is 949 g/mol. The molecule has 0 aliphatic heterocycles. The van der Waals surface area contributed by atoms with Crippen molar-refractivity contribution in [1.82, 2.24) is 39.9 Å². The van der Waals surface area contributed by atoms with Crippen LogP contribution in [0.3, 0.4) is 0 Å². The number of nitrogens with one attached hydrogen (secondary N) is 5. The monoisotopic (exact) mass is 948 g/mol. The predicted molar refractivity (Wildman–Crippen MR) is 223 cm³/mol. The Morgan fingerprint density at radius 1 is 0.455 bits per heavy atom. The molecule has 4 heterocycles. The van der Waals surface area contributed by atoms with Gasteiger partial charge in [0.05, 0.1) is 0 Å². The zero-order valence-electron chi connectivity index (χ0n) is 36.1. The summed E-state index contributed by atoms with van der Waals surface area (Å²) in [5, 5.41) is 11.9. The number of pyridine rings is 2. The molecule has 5 N–H and O–H groups in total. The number of H-pyrrole nitrogens is 1. The molecule has 4 aliphatic rings. The Bertz CT molecular complexity index is 2190. The van der Waals surface area contributed by atoms with E-state index in [1.807, 2.05) is 13.8 Å². The van der Waals surface area contributed by atoms with E-state index >= 15 is 0 Å². The molecule has 0 atom stereocenters. The number of alkyl halides is 8. The fraction of sp³-hybridized carbons (Fsp3) is 0.619. The van der Waals surface area contributed by atoms with Crippen molar-refractivity contribution in [3.63, 3.8) is 0 Å². The molecule has 4 aromatic heterocycles. The highest BCUT2D eigenvalue weighted by molar-refractivity contribution is 5.55. The van der Waals surface area contributed by atoms with Crippen LogP contribution in [0.5, 0.6) is 0 Å². The summed E-state index contributed by atoms with van der Waals surface area (Å²) in [7, 11) is 0. The largest absolute Gasteiger partial charge is 0.351 e. The topological polar surface area (TPSA) is 171 Å². The quantitative estimate of drug-likeness (QED) is 0.0754. The van der Waals surface area contributed by atoms with Crippen LogP contribution in [0.1, 0.15) is 117 Å². The Labute approximate surface area is 372 Å². The highest BCUT2D eigenvalue weighted by Crippen LogP contribution is 2.38. The molecule has 0 bridgehead atoms. The summed E-state index contributed by atoms with van der Waals surface area (Å²) < 4.78 is 150. The summed E-state index contributed by atoms with van der Waals surface area (Å²) in [6, 6.07) is 2.42. The van der Waals surface area contributed by atoms with Gasteiger partial charge >= 0.3 is 0 Å². The number of hydrogen-bond donors (Lipinski definition) is 5. The van der Waals surface area contributed by atoms with Gasteiger partial charge in [-0.2, -0.15) is 34.3 Å². The molecular weight excluding hydrogens is 898 g/mol. The maximum atomic E-state index is 14.3. The molecule has 13 nitrogen and oxygen atoms in total. The summed E-state index contributed by atoms with van der Waals surface area (Å²) in [6.07, 6.45) is -0.719. The van der Waals surface area contributed by atoms with Crippen LogP contribution in [0.25, 0.3) is 23.0 Å². The fourth-order valence-corrected chi connectivity index (χ4v) is 7.89. The molecule has 4 saturated carbocycles. The third-order valence-corrected chi connectivity index (χ3v) is 11.6. The average Bonchev–Trinajstić information content (AvgIpc) is 3.26. The number of rotatable bonds is 10. The van der Waals surface area contributed by atoms with Gasteiger partial charge < -0.3 is 26.3 Å². The molecule has 4 aliphatic carbocycles. The second-order valence-electron chi connectivity index (χ2n) is 16.7. The number of anilines is 4. The second kappa shape index (κ2) is 21.0. The van der Waals surface area contributed by atoms with Crippen molar-refractivity contribution in [3.05, 3.63) is 52.2 Å². The standard InChI is InChI=1S/C20H22F6N6.C20H23F5N6O.C2H6/c21-13-1-2-14(22)29-15(13)16-30-17(27-11-3-7-19(23,24)8-4-11)32-18(31-16)28-12-5-9-20(25,26)10-6-12;21-13-1-2-14(32)28-15(13)16-29-17(26-11-3-7-19(22,23)8-4-11)31-18(30-16)27-12-5-9-20(24,25)10-6-12;1-2/h1-2,11-12H,3-10H2,(H2,27,28,30,31,32);1-2,11-12H,3-10H2,(H,28,32)(H2,26,27,29,30,31);1-2H3. The van der Waals surface area contributed by atoms with Crippen molar-refractivity contribution in [2.75, 3.05) is 21.3 Å². The minimum Gasteiger partial charge on any atom is -0.351 e. The number of nitrogens with zero attached hydrogens (tertiary/aromatic N) is 7. The summed E-state index contributed by atoms with van der Waals surface area (Å²) in [5.74, 6) is -13.8. The van der Waals surface area contributed by atoms with Crippen molar-refractivity contribution in [1.29, 1.82) is 0 Å². The molecular formula is C42H51F11N12O. The van der Waals surface area contributed by atoms with Gasteiger partial charge in [-0.05, 0) is 69.6 Å². The van der Waals surface area contributed by atoms with E-state index in [4.69, 9.17) is 0 Å². The molecule has 0 unspecified atom stereocenters. The molecule has 4 aromatic rings. The van der Waals surface area contributed by atoms with Crippen LogP contribution in [0.4, 0.5) is 72.1 Å². The molecule has 24 heteroatoms. The van der Waals surface area contributed by atoms with Gasteiger partial charge in [-0.1, -0.05) is 13.8 Å². The van der Waals surface area contributed by atoms with E-state index in [1.165, 1.54) is 0 Å². The Morgan fingerprint density at radius 2 is 0.773 bits per heavy atom. The minimum atomic E-state index is -2.72.